The Morgan fingerprint density at radius 3 is 2.89 bits per heavy atom. The number of nitrogens with zero attached hydrogens (tertiary/aromatic N) is 3. The minimum atomic E-state index is -0.238. The smallest absolute Gasteiger partial charge is 0.290 e. The molecule has 2 aromatic heterocycles. The fourth-order valence-corrected chi connectivity index (χ4v) is 3.54. The third-order valence-corrected chi connectivity index (χ3v) is 5.17. The van der Waals surface area contributed by atoms with Gasteiger partial charge in [0.1, 0.15) is 0 Å². The molecule has 1 N–H and O–H groups in total. The summed E-state index contributed by atoms with van der Waals surface area (Å²) in [5, 5.41) is 10.8. The lowest BCUT2D eigenvalue weighted by molar-refractivity contribution is -0.00445. The van der Waals surface area contributed by atoms with Gasteiger partial charge in [-0.1, -0.05) is 22.4 Å². The number of aryl methyl sites for hydroxylation is 2. The van der Waals surface area contributed by atoms with Crippen molar-refractivity contribution in [3.05, 3.63) is 52.7 Å². The van der Waals surface area contributed by atoms with Crippen LogP contribution in [0.5, 0.6) is 0 Å². The number of amides is 1. The number of nitrogens with one attached hydrogen (secondary N) is 1. The van der Waals surface area contributed by atoms with Crippen molar-refractivity contribution in [1.82, 2.24) is 20.6 Å². The van der Waals surface area contributed by atoms with Crippen LogP contribution < -0.4 is 5.32 Å². The van der Waals surface area contributed by atoms with Crippen LogP contribution >= 0.6 is 0 Å². The highest BCUT2D eigenvalue weighted by Gasteiger charge is 2.29. The Morgan fingerprint density at radius 1 is 1.26 bits per heavy atom. The van der Waals surface area contributed by atoms with Gasteiger partial charge >= 0.3 is 0 Å². The summed E-state index contributed by atoms with van der Waals surface area (Å²) in [6.07, 6.45) is 3.26. The molecule has 1 aliphatic heterocycles. The molecule has 0 saturated carbocycles. The normalized spacial score (nSPS) is 18.9. The Labute approximate surface area is 154 Å². The first kappa shape index (κ1) is 16.2. The molecule has 0 bridgehead atoms. The molecule has 27 heavy (non-hydrogen) atoms. The maximum atomic E-state index is 12.4. The summed E-state index contributed by atoms with van der Waals surface area (Å²) in [5.41, 5.74) is 3.94. The summed E-state index contributed by atoms with van der Waals surface area (Å²) in [4.78, 5) is 16.9. The number of hydrogen-bond donors (Lipinski definition) is 1. The molecule has 1 atom stereocenters. The number of carbonyl (C=O) groups excluding carboxylic acids is 1. The van der Waals surface area contributed by atoms with Gasteiger partial charge in [0.2, 0.25) is 17.5 Å². The molecule has 138 valence electrons. The number of carbonyl (C=O) groups is 1. The zero-order valence-electron chi connectivity index (χ0n) is 14.8. The largest absolute Gasteiger partial charge is 0.380 e. The fraction of sp³-hybridized carbons (Fsp3) is 0.368. The summed E-state index contributed by atoms with van der Waals surface area (Å²) < 4.78 is 15.6. The third-order valence-electron chi connectivity index (χ3n) is 5.17. The SMILES string of the molecule is Cc1cnoc1C(=O)NC1CCc2cc(-c3noc(C4COC4)n3)ccc21. The van der Waals surface area contributed by atoms with E-state index in [-0.39, 0.29) is 23.6 Å². The minimum absolute atomic E-state index is 0.0426. The Balaban J connectivity index is 1.35. The van der Waals surface area contributed by atoms with Crippen LogP contribution in [-0.2, 0) is 11.2 Å². The molecule has 1 amide bonds. The number of rotatable bonds is 4. The summed E-state index contributed by atoms with van der Waals surface area (Å²) in [5.74, 6) is 1.45. The lowest BCUT2D eigenvalue weighted by Gasteiger charge is -2.21. The fourth-order valence-electron chi connectivity index (χ4n) is 3.54. The van der Waals surface area contributed by atoms with Gasteiger partial charge in [0.15, 0.2) is 0 Å². The molecule has 1 aliphatic carbocycles. The Bertz CT molecular complexity index is 1000. The number of fused-ring (bicyclic) bond motifs is 1. The first-order chi connectivity index (χ1) is 13.2. The highest BCUT2D eigenvalue weighted by Crippen LogP contribution is 2.34. The maximum Gasteiger partial charge on any atom is 0.290 e. The Hall–Kier alpha value is -3.00. The summed E-state index contributed by atoms with van der Waals surface area (Å²) in [6, 6.07) is 6.03. The zero-order valence-corrected chi connectivity index (χ0v) is 14.8. The second-order valence-corrected chi connectivity index (χ2v) is 7.01. The molecular weight excluding hydrogens is 348 g/mol. The number of aromatic nitrogens is 3. The molecule has 0 radical (unpaired) electrons. The summed E-state index contributed by atoms with van der Waals surface area (Å²) in [7, 11) is 0. The van der Waals surface area contributed by atoms with E-state index in [4.69, 9.17) is 13.8 Å². The van der Waals surface area contributed by atoms with E-state index in [0.29, 0.717) is 24.9 Å². The van der Waals surface area contributed by atoms with Crippen molar-refractivity contribution in [1.29, 1.82) is 0 Å². The van der Waals surface area contributed by atoms with E-state index < -0.39 is 0 Å². The molecule has 1 saturated heterocycles. The van der Waals surface area contributed by atoms with Crippen LogP contribution in [0.3, 0.4) is 0 Å². The van der Waals surface area contributed by atoms with Crippen LogP contribution in [0.15, 0.2) is 33.4 Å². The van der Waals surface area contributed by atoms with Gasteiger partial charge < -0.3 is 19.1 Å². The van der Waals surface area contributed by atoms with Crippen molar-refractivity contribution in [3.8, 4) is 11.4 Å². The van der Waals surface area contributed by atoms with E-state index >= 15 is 0 Å². The molecule has 8 nitrogen and oxygen atoms in total. The molecular formula is C19H18N4O4. The van der Waals surface area contributed by atoms with Gasteiger partial charge in [0.05, 0.1) is 31.4 Å². The standard InChI is InChI=1S/C19H18N4O4/c1-10-7-20-26-16(10)18(24)21-15-5-3-11-6-12(2-4-14(11)15)17-22-19(27-23-17)13-8-25-9-13/h2,4,6-7,13,15H,3,5,8-9H2,1H3,(H,21,24). The van der Waals surface area contributed by atoms with E-state index in [2.05, 4.69) is 26.7 Å². The van der Waals surface area contributed by atoms with Gasteiger partial charge in [-0.2, -0.15) is 4.98 Å². The number of benzene rings is 1. The summed E-state index contributed by atoms with van der Waals surface area (Å²) in [6.45, 7) is 3.07. The molecule has 3 heterocycles. The first-order valence-electron chi connectivity index (χ1n) is 8.95. The second kappa shape index (κ2) is 6.31. The monoisotopic (exact) mass is 366 g/mol. The molecule has 3 aromatic rings. The van der Waals surface area contributed by atoms with Crippen molar-refractivity contribution in [2.45, 2.75) is 31.7 Å². The lowest BCUT2D eigenvalue weighted by Crippen LogP contribution is -2.27. The van der Waals surface area contributed by atoms with E-state index in [1.807, 2.05) is 12.1 Å². The van der Waals surface area contributed by atoms with Crippen LogP contribution in [0.4, 0.5) is 0 Å². The van der Waals surface area contributed by atoms with E-state index in [1.54, 1.807) is 13.1 Å². The van der Waals surface area contributed by atoms with Gasteiger partial charge in [-0.3, -0.25) is 4.79 Å². The van der Waals surface area contributed by atoms with Crippen molar-refractivity contribution in [2.75, 3.05) is 13.2 Å². The predicted molar refractivity (Wildman–Crippen MR) is 93.1 cm³/mol. The molecule has 1 unspecified atom stereocenters. The zero-order chi connectivity index (χ0) is 18.4. The first-order valence-corrected chi connectivity index (χ1v) is 8.95. The van der Waals surface area contributed by atoms with E-state index in [9.17, 15) is 4.79 Å². The Kier molecular flexibility index (Phi) is 3.78. The average molecular weight is 366 g/mol. The van der Waals surface area contributed by atoms with Crippen LogP contribution in [0.25, 0.3) is 11.4 Å². The highest BCUT2D eigenvalue weighted by atomic mass is 16.5. The van der Waals surface area contributed by atoms with Crippen LogP contribution in [0.2, 0.25) is 0 Å². The van der Waals surface area contributed by atoms with Crippen LogP contribution in [0.1, 0.15) is 51.5 Å². The highest BCUT2D eigenvalue weighted by molar-refractivity contribution is 5.93. The average Bonchev–Trinajstić information content (AvgIpc) is 3.33. The molecule has 0 spiro atoms. The van der Waals surface area contributed by atoms with Crippen molar-refractivity contribution in [2.24, 2.45) is 0 Å². The molecule has 1 aromatic carbocycles. The number of ether oxygens (including phenoxy) is 1. The predicted octanol–water partition coefficient (Wildman–Crippen LogP) is 2.56. The molecule has 5 rings (SSSR count). The Morgan fingerprint density at radius 2 is 2.15 bits per heavy atom. The summed E-state index contributed by atoms with van der Waals surface area (Å²) >= 11 is 0. The second-order valence-electron chi connectivity index (χ2n) is 7.01. The topological polar surface area (TPSA) is 103 Å². The van der Waals surface area contributed by atoms with Crippen LogP contribution in [-0.4, -0.2) is 34.4 Å². The lowest BCUT2D eigenvalue weighted by atomic mass is 10.0. The van der Waals surface area contributed by atoms with Crippen LogP contribution in [0, 0.1) is 6.92 Å². The minimum Gasteiger partial charge on any atom is -0.380 e. The quantitative estimate of drug-likeness (QED) is 0.757. The van der Waals surface area contributed by atoms with E-state index in [0.717, 1.165) is 29.5 Å². The molecule has 8 heteroatoms. The molecule has 1 fully saturated rings. The van der Waals surface area contributed by atoms with Gasteiger partial charge in [0, 0.05) is 11.1 Å². The van der Waals surface area contributed by atoms with Crippen molar-refractivity contribution >= 4 is 5.91 Å². The van der Waals surface area contributed by atoms with Gasteiger partial charge in [-0.05, 0) is 37.0 Å². The number of hydrogen-bond acceptors (Lipinski definition) is 7. The van der Waals surface area contributed by atoms with Crippen molar-refractivity contribution < 1.29 is 18.6 Å². The maximum absolute atomic E-state index is 12.4. The van der Waals surface area contributed by atoms with Gasteiger partial charge in [0.25, 0.3) is 5.91 Å². The van der Waals surface area contributed by atoms with Crippen molar-refractivity contribution in [3.63, 3.8) is 0 Å². The van der Waals surface area contributed by atoms with E-state index in [1.165, 1.54) is 5.56 Å². The molecule has 2 aliphatic rings. The van der Waals surface area contributed by atoms with Gasteiger partial charge in [-0.15, -0.1) is 0 Å². The van der Waals surface area contributed by atoms with Gasteiger partial charge in [-0.25, -0.2) is 0 Å². The third kappa shape index (κ3) is 2.82.